The van der Waals surface area contributed by atoms with Crippen LogP contribution in [0.3, 0.4) is 0 Å². The van der Waals surface area contributed by atoms with Crippen molar-refractivity contribution in [3.63, 3.8) is 0 Å². The molecule has 0 radical (unpaired) electrons. The molecule has 0 spiro atoms. The van der Waals surface area contributed by atoms with Crippen LogP contribution < -0.4 is 10.6 Å². The van der Waals surface area contributed by atoms with E-state index in [1.165, 1.54) is 11.8 Å². The average Bonchev–Trinajstić information content (AvgIpc) is 3.16. The van der Waals surface area contributed by atoms with Gasteiger partial charge in [-0.15, -0.1) is 10.2 Å². The molecule has 3 rings (SSSR count). The topological polar surface area (TPSA) is 88.9 Å². The number of rotatable bonds is 8. The molecule has 2 aromatic carbocycles. The number of hydrogen-bond acceptors (Lipinski definition) is 5. The maximum atomic E-state index is 12.4. The predicted octanol–water partition coefficient (Wildman–Crippen LogP) is 4.57. The first-order valence-electron chi connectivity index (χ1n) is 9.53. The van der Waals surface area contributed by atoms with E-state index in [0.29, 0.717) is 38.8 Å². The van der Waals surface area contributed by atoms with Crippen LogP contribution >= 0.6 is 35.0 Å². The van der Waals surface area contributed by atoms with Gasteiger partial charge in [-0.2, -0.15) is 0 Å². The highest BCUT2D eigenvalue weighted by molar-refractivity contribution is 7.99. The van der Waals surface area contributed by atoms with Crippen LogP contribution in [0.2, 0.25) is 10.0 Å². The fourth-order valence-corrected chi connectivity index (χ4v) is 4.05. The molecule has 0 saturated carbocycles. The number of nitrogens with one attached hydrogen (secondary N) is 2. The number of hydrogen-bond donors (Lipinski definition) is 2. The molecule has 0 saturated heterocycles. The van der Waals surface area contributed by atoms with E-state index in [1.807, 2.05) is 18.4 Å². The van der Waals surface area contributed by atoms with Gasteiger partial charge in [0.1, 0.15) is 0 Å². The lowest BCUT2D eigenvalue weighted by atomic mass is 10.2. The van der Waals surface area contributed by atoms with Crippen molar-refractivity contribution in [3.05, 3.63) is 69.5 Å². The molecule has 31 heavy (non-hydrogen) atoms. The van der Waals surface area contributed by atoms with Crippen molar-refractivity contribution in [2.75, 3.05) is 11.1 Å². The van der Waals surface area contributed by atoms with Gasteiger partial charge in [0, 0.05) is 17.3 Å². The molecule has 0 atom stereocenters. The minimum atomic E-state index is -0.290. The lowest BCUT2D eigenvalue weighted by Gasteiger charge is -2.10. The first-order chi connectivity index (χ1) is 14.9. The summed E-state index contributed by atoms with van der Waals surface area (Å²) in [5.41, 5.74) is 1.89. The van der Waals surface area contributed by atoms with E-state index in [1.54, 1.807) is 42.5 Å². The normalized spacial score (nSPS) is 10.7. The van der Waals surface area contributed by atoms with Crippen LogP contribution in [-0.2, 0) is 17.9 Å². The van der Waals surface area contributed by atoms with E-state index < -0.39 is 0 Å². The van der Waals surface area contributed by atoms with Gasteiger partial charge >= 0.3 is 0 Å². The van der Waals surface area contributed by atoms with Crippen LogP contribution in [0, 0.1) is 6.92 Å². The van der Waals surface area contributed by atoms with Gasteiger partial charge in [0.25, 0.3) is 5.91 Å². The fourth-order valence-electron chi connectivity index (χ4n) is 2.83. The molecule has 0 unspecified atom stereocenters. The molecule has 0 aliphatic heterocycles. The molecular weight excluding hydrogens is 457 g/mol. The van der Waals surface area contributed by atoms with Crippen molar-refractivity contribution in [2.24, 2.45) is 0 Å². The second kappa shape index (κ2) is 10.7. The van der Waals surface area contributed by atoms with Crippen molar-refractivity contribution < 1.29 is 9.59 Å². The van der Waals surface area contributed by atoms with Gasteiger partial charge < -0.3 is 15.2 Å². The van der Waals surface area contributed by atoms with Gasteiger partial charge in [-0.25, -0.2) is 0 Å². The Bertz CT molecular complexity index is 1100. The highest BCUT2D eigenvalue weighted by atomic mass is 35.5. The predicted molar refractivity (Wildman–Crippen MR) is 124 cm³/mol. The Labute approximate surface area is 194 Å². The quantitative estimate of drug-likeness (QED) is 0.463. The third-order valence-electron chi connectivity index (χ3n) is 4.51. The van der Waals surface area contributed by atoms with E-state index in [9.17, 15) is 9.59 Å². The van der Waals surface area contributed by atoms with Crippen molar-refractivity contribution in [2.45, 2.75) is 32.1 Å². The average molecular weight is 478 g/mol. The zero-order valence-electron chi connectivity index (χ0n) is 17.0. The first-order valence-corrected chi connectivity index (χ1v) is 11.3. The number of carbonyl (C=O) groups excluding carboxylic acids is 2. The number of anilines is 1. The summed E-state index contributed by atoms with van der Waals surface area (Å²) >= 11 is 13.4. The van der Waals surface area contributed by atoms with Crippen molar-refractivity contribution in [3.8, 4) is 0 Å². The van der Waals surface area contributed by atoms with Gasteiger partial charge in [-0.3, -0.25) is 9.59 Å². The number of carbonyl (C=O) groups is 2. The molecular formula is C21H21Cl2N5O2S. The second-order valence-electron chi connectivity index (χ2n) is 6.55. The Kier molecular flexibility index (Phi) is 7.95. The van der Waals surface area contributed by atoms with Gasteiger partial charge in [0.15, 0.2) is 11.0 Å². The lowest BCUT2D eigenvalue weighted by Crippen LogP contribution is -2.25. The summed E-state index contributed by atoms with van der Waals surface area (Å²) < 4.78 is 1.86. The Morgan fingerprint density at radius 3 is 2.55 bits per heavy atom. The summed E-state index contributed by atoms with van der Waals surface area (Å²) in [5, 5.41) is 15.6. The lowest BCUT2D eigenvalue weighted by molar-refractivity contribution is -0.113. The van der Waals surface area contributed by atoms with E-state index in [-0.39, 0.29) is 24.1 Å². The third kappa shape index (κ3) is 5.78. The summed E-state index contributed by atoms with van der Waals surface area (Å²) in [5.74, 6) is 0.295. The smallest absolute Gasteiger partial charge is 0.253 e. The van der Waals surface area contributed by atoms with E-state index in [4.69, 9.17) is 23.2 Å². The van der Waals surface area contributed by atoms with Gasteiger partial charge in [-0.05, 0) is 43.7 Å². The fraction of sp³-hybridized carbons (Fsp3) is 0.238. The first kappa shape index (κ1) is 23.1. The molecule has 2 amide bonds. The molecule has 1 aromatic heterocycles. The minimum Gasteiger partial charge on any atom is -0.345 e. The third-order valence-corrected chi connectivity index (χ3v) is 6.22. The highest BCUT2D eigenvalue weighted by Gasteiger charge is 2.16. The summed E-state index contributed by atoms with van der Waals surface area (Å²) in [6.45, 7) is 4.59. The Hall–Kier alpha value is -2.55. The Morgan fingerprint density at radius 2 is 1.81 bits per heavy atom. The van der Waals surface area contributed by atoms with Crippen molar-refractivity contribution in [1.82, 2.24) is 20.1 Å². The summed E-state index contributed by atoms with van der Waals surface area (Å²) in [6.07, 6.45) is 0. The van der Waals surface area contributed by atoms with E-state index >= 15 is 0 Å². The highest BCUT2D eigenvalue weighted by Crippen LogP contribution is 2.24. The maximum Gasteiger partial charge on any atom is 0.253 e. The van der Waals surface area contributed by atoms with Crippen LogP contribution in [0.1, 0.15) is 28.7 Å². The second-order valence-corrected chi connectivity index (χ2v) is 8.31. The molecule has 0 aliphatic rings. The number of nitrogens with zero attached hydrogens (tertiary/aromatic N) is 3. The molecule has 0 fully saturated rings. The zero-order valence-corrected chi connectivity index (χ0v) is 19.3. The number of benzene rings is 2. The minimum absolute atomic E-state index is 0.163. The number of aromatic nitrogens is 3. The standard InChI is InChI=1S/C21H21Cl2N5O2S/c1-3-28-18(11-24-20(30)14-7-4-5-8-16(14)23)26-27-21(28)31-12-19(29)25-17-10-6-9-15(22)13(17)2/h4-10H,3,11-12H2,1-2H3,(H,24,30)(H,25,29). The molecule has 7 nitrogen and oxygen atoms in total. The van der Waals surface area contributed by atoms with Crippen LogP contribution in [0.25, 0.3) is 0 Å². The monoisotopic (exact) mass is 477 g/mol. The molecule has 0 aliphatic carbocycles. The van der Waals surface area contributed by atoms with Gasteiger partial charge in [-0.1, -0.05) is 53.2 Å². The van der Waals surface area contributed by atoms with Crippen molar-refractivity contribution in [1.29, 1.82) is 0 Å². The van der Waals surface area contributed by atoms with Crippen LogP contribution in [0.15, 0.2) is 47.6 Å². The zero-order chi connectivity index (χ0) is 22.4. The maximum absolute atomic E-state index is 12.4. The summed E-state index contributed by atoms with van der Waals surface area (Å²) in [7, 11) is 0. The molecule has 0 bridgehead atoms. The van der Waals surface area contributed by atoms with Gasteiger partial charge in [0.2, 0.25) is 5.91 Å². The van der Waals surface area contributed by atoms with Crippen LogP contribution in [-0.4, -0.2) is 32.3 Å². The SMILES string of the molecule is CCn1c(CNC(=O)c2ccccc2Cl)nnc1SCC(=O)Nc1cccc(Cl)c1C. The molecule has 2 N–H and O–H groups in total. The van der Waals surface area contributed by atoms with Crippen molar-refractivity contribution >= 4 is 52.5 Å². The summed E-state index contributed by atoms with van der Waals surface area (Å²) in [6, 6.07) is 12.2. The largest absolute Gasteiger partial charge is 0.345 e. The molecule has 3 aromatic rings. The van der Waals surface area contributed by atoms with Gasteiger partial charge in [0.05, 0.1) is 22.9 Å². The molecule has 10 heteroatoms. The van der Waals surface area contributed by atoms with E-state index in [2.05, 4.69) is 20.8 Å². The van der Waals surface area contributed by atoms with Crippen LogP contribution in [0.4, 0.5) is 5.69 Å². The Morgan fingerprint density at radius 1 is 1.06 bits per heavy atom. The summed E-state index contributed by atoms with van der Waals surface area (Å²) in [4.78, 5) is 24.7. The number of halogens is 2. The molecule has 162 valence electrons. The molecule has 1 heterocycles. The van der Waals surface area contributed by atoms with Crippen LogP contribution in [0.5, 0.6) is 0 Å². The number of amides is 2. The Balaban J connectivity index is 1.59. The number of thioether (sulfide) groups is 1. The van der Waals surface area contributed by atoms with E-state index in [0.717, 1.165) is 5.56 Å².